The molecule has 0 bridgehead atoms. The average molecular weight is 417 g/mol. The van der Waals surface area contributed by atoms with E-state index in [-0.39, 0.29) is 5.39 Å². The fourth-order valence-electron chi connectivity index (χ4n) is 6.05. The normalized spacial score (nSPS) is 27.5. The Morgan fingerprint density at radius 2 is 1.27 bits per heavy atom. The van der Waals surface area contributed by atoms with E-state index in [0.717, 1.165) is 42.2 Å². The topological polar surface area (TPSA) is 0 Å². The number of hydrogen-bond donors (Lipinski definition) is 0. The number of fused-ring (bicyclic) bond motifs is 1. The minimum absolute atomic E-state index is 0.167. The van der Waals surface area contributed by atoms with E-state index in [0.29, 0.717) is 11.3 Å². The summed E-state index contributed by atoms with van der Waals surface area (Å²) in [4.78, 5) is 0. The lowest BCUT2D eigenvalue weighted by atomic mass is 9.74. The summed E-state index contributed by atoms with van der Waals surface area (Å²) >= 11 is 0. The molecule has 2 aliphatic carbocycles. The Balaban J connectivity index is 1.28. The maximum atomic E-state index is 14.0. The molecule has 2 fully saturated rings. The van der Waals surface area contributed by atoms with Gasteiger partial charge in [0, 0.05) is 5.39 Å². The second-order valence-corrected chi connectivity index (χ2v) is 9.94. The van der Waals surface area contributed by atoms with E-state index in [1.54, 1.807) is 6.07 Å². The Kier molecular flexibility index (Phi) is 7.05. The number of benzene rings is 2. The summed E-state index contributed by atoms with van der Waals surface area (Å²) in [5, 5.41) is 0.629. The van der Waals surface area contributed by atoms with Crippen LogP contribution in [0.3, 0.4) is 0 Å². The van der Waals surface area contributed by atoms with Gasteiger partial charge in [-0.15, -0.1) is 0 Å². The van der Waals surface area contributed by atoms with Gasteiger partial charge < -0.3 is 0 Å². The first-order valence-electron chi connectivity index (χ1n) is 12.1. The molecule has 0 N–H and O–H groups in total. The molecule has 164 valence electrons. The molecule has 0 aromatic heterocycles. The number of halogens is 3. The van der Waals surface area contributed by atoms with Crippen LogP contribution in [0.4, 0.5) is 13.2 Å². The summed E-state index contributed by atoms with van der Waals surface area (Å²) in [5.74, 6) is -0.350. The van der Waals surface area contributed by atoms with Crippen molar-refractivity contribution >= 4 is 10.8 Å². The van der Waals surface area contributed by atoms with Crippen LogP contribution < -0.4 is 0 Å². The molecule has 30 heavy (non-hydrogen) atoms. The highest BCUT2D eigenvalue weighted by atomic mass is 19.2. The van der Waals surface area contributed by atoms with Gasteiger partial charge in [0.1, 0.15) is 0 Å². The Morgan fingerprint density at radius 1 is 0.700 bits per heavy atom. The molecule has 0 radical (unpaired) electrons. The third-order valence-corrected chi connectivity index (χ3v) is 7.96. The lowest BCUT2D eigenvalue weighted by Gasteiger charge is -2.32. The van der Waals surface area contributed by atoms with E-state index >= 15 is 0 Å². The highest BCUT2D eigenvalue weighted by Gasteiger charge is 2.25. The van der Waals surface area contributed by atoms with Gasteiger partial charge in [0.2, 0.25) is 0 Å². The standard InChI is InChI=1S/C27H35F3/c1-2-3-18-4-6-19(7-5-18)8-9-20-10-12-21(13-11-20)22-14-15-24-23(16-22)17-25(28)27(30)26(24)29/h14-21H,2-13H2,1H3/t18-,19-,20?,21?. The fourth-order valence-corrected chi connectivity index (χ4v) is 6.05. The molecule has 2 saturated carbocycles. The molecule has 4 rings (SSSR count). The first kappa shape index (κ1) is 21.7. The third kappa shape index (κ3) is 4.86. The molecule has 2 aliphatic rings. The molecule has 3 heteroatoms. The van der Waals surface area contributed by atoms with Crippen LogP contribution in [-0.2, 0) is 0 Å². The first-order chi connectivity index (χ1) is 14.5. The quantitative estimate of drug-likeness (QED) is 0.412. The highest BCUT2D eigenvalue weighted by Crippen LogP contribution is 2.41. The Hall–Kier alpha value is -1.51. The molecule has 2 aromatic carbocycles. The van der Waals surface area contributed by atoms with Gasteiger partial charge in [-0.25, -0.2) is 13.2 Å². The van der Waals surface area contributed by atoms with Crippen molar-refractivity contribution in [1.29, 1.82) is 0 Å². The molecule has 0 nitrogen and oxygen atoms in total. The van der Waals surface area contributed by atoms with Gasteiger partial charge >= 0.3 is 0 Å². The second-order valence-electron chi connectivity index (χ2n) is 9.94. The molecule has 0 heterocycles. The van der Waals surface area contributed by atoms with Gasteiger partial charge in [-0.3, -0.25) is 0 Å². The minimum atomic E-state index is -1.38. The number of hydrogen-bond acceptors (Lipinski definition) is 0. The van der Waals surface area contributed by atoms with Gasteiger partial charge in [-0.05, 0) is 66.4 Å². The zero-order valence-corrected chi connectivity index (χ0v) is 18.2. The first-order valence-corrected chi connectivity index (χ1v) is 12.1. The molecule has 0 unspecified atom stereocenters. The van der Waals surface area contributed by atoms with E-state index in [1.165, 1.54) is 64.2 Å². The minimum Gasteiger partial charge on any atom is -0.204 e. The SMILES string of the molecule is CCC[C@H]1CC[C@H](CCC2CCC(c3ccc4c(F)c(F)c(F)cc4c3)CC2)CC1. The molecule has 0 spiro atoms. The van der Waals surface area contributed by atoms with Gasteiger partial charge in [-0.1, -0.05) is 76.5 Å². The Morgan fingerprint density at radius 3 is 1.87 bits per heavy atom. The van der Waals surface area contributed by atoms with Crippen molar-refractivity contribution in [2.24, 2.45) is 17.8 Å². The highest BCUT2D eigenvalue weighted by molar-refractivity contribution is 5.84. The van der Waals surface area contributed by atoms with Crippen molar-refractivity contribution in [2.75, 3.05) is 0 Å². The summed E-state index contributed by atoms with van der Waals surface area (Å²) in [6, 6.07) is 6.50. The van der Waals surface area contributed by atoms with Crippen LogP contribution in [0.25, 0.3) is 10.8 Å². The molecule has 0 amide bonds. The van der Waals surface area contributed by atoms with Crippen LogP contribution in [0.1, 0.15) is 95.5 Å². The predicted octanol–water partition coefficient (Wildman–Crippen LogP) is 8.92. The van der Waals surface area contributed by atoms with Crippen molar-refractivity contribution in [3.8, 4) is 0 Å². The fraction of sp³-hybridized carbons (Fsp3) is 0.630. The summed E-state index contributed by atoms with van der Waals surface area (Å²) in [5.41, 5.74) is 1.14. The van der Waals surface area contributed by atoms with Gasteiger partial charge in [-0.2, -0.15) is 0 Å². The molecular weight excluding hydrogens is 381 g/mol. The van der Waals surface area contributed by atoms with Crippen LogP contribution in [0.2, 0.25) is 0 Å². The zero-order valence-electron chi connectivity index (χ0n) is 18.2. The molecule has 2 aromatic rings. The van der Waals surface area contributed by atoms with E-state index in [2.05, 4.69) is 6.92 Å². The van der Waals surface area contributed by atoms with Crippen LogP contribution in [0, 0.1) is 35.2 Å². The molecular formula is C27H35F3. The smallest absolute Gasteiger partial charge is 0.195 e. The van der Waals surface area contributed by atoms with Crippen molar-refractivity contribution in [3.05, 3.63) is 47.3 Å². The lowest BCUT2D eigenvalue weighted by molar-refractivity contribution is 0.224. The van der Waals surface area contributed by atoms with Crippen molar-refractivity contribution in [2.45, 2.75) is 89.9 Å². The van der Waals surface area contributed by atoms with E-state index in [4.69, 9.17) is 0 Å². The van der Waals surface area contributed by atoms with E-state index in [9.17, 15) is 13.2 Å². The van der Waals surface area contributed by atoms with Crippen LogP contribution in [0.15, 0.2) is 24.3 Å². The predicted molar refractivity (Wildman–Crippen MR) is 118 cm³/mol. The van der Waals surface area contributed by atoms with Gasteiger partial charge in [0.25, 0.3) is 0 Å². The van der Waals surface area contributed by atoms with Gasteiger partial charge in [0.05, 0.1) is 0 Å². The van der Waals surface area contributed by atoms with E-state index < -0.39 is 17.5 Å². The van der Waals surface area contributed by atoms with Crippen LogP contribution >= 0.6 is 0 Å². The van der Waals surface area contributed by atoms with Crippen LogP contribution in [0.5, 0.6) is 0 Å². The Labute approximate surface area is 179 Å². The summed E-state index contributed by atoms with van der Waals surface area (Å²) in [6.45, 7) is 2.30. The summed E-state index contributed by atoms with van der Waals surface area (Å²) in [6.07, 6.45) is 16.1. The average Bonchev–Trinajstić information content (AvgIpc) is 2.77. The van der Waals surface area contributed by atoms with Crippen molar-refractivity contribution in [3.63, 3.8) is 0 Å². The molecule has 0 aliphatic heterocycles. The largest absolute Gasteiger partial charge is 0.204 e. The lowest BCUT2D eigenvalue weighted by Crippen LogP contribution is -2.17. The number of rotatable bonds is 6. The third-order valence-electron chi connectivity index (χ3n) is 7.96. The zero-order chi connectivity index (χ0) is 21.1. The van der Waals surface area contributed by atoms with Crippen LogP contribution in [-0.4, -0.2) is 0 Å². The van der Waals surface area contributed by atoms with Crippen molar-refractivity contribution in [1.82, 2.24) is 0 Å². The van der Waals surface area contributed by atoms with E-state index in [1.807, 2.05) is 12.1 Å². The summed E-state index contributed by atoms with van der Waals surface area (Å²) in [7, 11) is 0. The molecule has 0 saturated heterocycles. The maximum Gasteiger partial charge on any atom is 0.195 e. The summed E-state index contributed by atoms with van der Waals surface area (Å²) < 4.78 is 41.1. The second kappa shape index (κ2) is 9.75. The Bertz CT molecular complexity index is 843. The monoisotopic (exact) mass is 416 g/mol. The van der Waals surface area contributed by atoms with Crippen molar-refractivity contribution < 1.29 is 13.2 Å². The molecule has 0 atom stereocenters. The van der Waals surface area contributed by atoms with Gasteiger partial charge in [0.15, 0.2) is 17.5 Å². The maximum absolute atomic E-state index is 14.0.